The number of carbonyl (C=O) groups is 1. The second-order valence-corrected chi connectivity index (χ2v) is 3.70. The van der Waals surface area contributed by atoms with Crippen molar-refractivity contribution in [2.75, 3.05) is 0 Å². The van der Waals surface area contributed by atoms with Crippen LogP contribution in [0.15, 0.2) is 60.7 Å². The number of rotatable bonds is 4. The Morgan fingerprint density at radius 1 is 0.889 bits per heavy atom. The van der Waals surface area contributed by atoms with Gasteiger partial charge in [-0.25, -0.2) is 4.79 Å². The lowest BCUT2D eigenvalue weighted by molar-refractivity contribution is -0.263. The van der Waals surface area contributed by atoms with Crippen molar-refractivity contribution in [3.05, 3.63) is 71.8 Å². The van der Waals surface area contributed by atoms with Gasteiger partial charge in [-0.15, -0.1) is 0 Å². The topological polar surface area (TPSA) is 61.6 Å². The summed E-state index contributed by atoms with van der Waals surface area (Å²) in [6.07, 6.45) is -1.45. The molecule has 2 N–H and O–H groups in total. The summed E-state index contributed by atoms with van der Waals surface area (Å²) in [5, 5.41) is 0. The Kier molecular flexibility index (Phi) is 3.94. The molecule has 4 heteroatoms. The van der Waals surface area contributed by atoms with Gasteiger partial charge >= 0.3 is 6.09 Å². The maximum atomic E-state index is 10.6. The molecule has 2 rings (SSSR count). The highest BCUT2D eigenvalue weighted by molar-refractivity contribution is 5.63. The third-order valence-corrected chi connectivity index (χ3v) is 2.43. The zero-order valence-electron chi connectivity index (χ0n) is 9.65. The fraction of sp³-hybridized carbons (Fsp3) is 0.0714. The highest BCUT2D eigenvalue weighted by Gasteiger charge is 2.16. The first-order valence-electron chi connectivity index (χ1n) is 5.50. The molecule has 0 atom stereocenters. The van der Waals surface area contributed by atoms with Crippen molar-refractivity contribution in [2.45, 2.75) is 6.10 Å². The van der Waals surface area contributed by atoms with Gasteiger partial charge < -0.3 is 5.73 Å². The fourth-order valence-corrected chi connectivity index (χ4v) is 1.65. The third-order valence-electron chi connectivity index (χ3n) is 2.43. The molecule has 0 spiro atoms. The van der Waals surface area contributed by atoms with Crippen molar-refractivity contribution in [1.29, 1.82) is 0 Å². The monoisotopic (exact) mass is 243 g/mol. The number of amides is 1. The summed E-state index contributed by atoms with van der Waals surface area (Å²) in [5.41, 5.74) is 6.67. The van der Waals surface area contributed by atoms with Crippen LogP contribution in [0.4, 0.5) is 4.79 Å². The fourth-order valence-electron chi connectivity index (χ4n) is 1.65. The van der Waals surface area contributed by atoms with Crippen molar-refractivity contribution < 1.29 is 14.6 Å². The smallest absolute Gasteiger partial charge is 0.333 e. The van der Waals surface area contributed by atoms with E-state index in [9.17, 15) is 4.79 Å². The summed E-state index contributed by atoms with van der Waals surface area (Å²) >= 11 is 0. The predicted molar refractivity (Wildman–Crippen MR) is 66.5 cm³/mol. The van der Waals surface area contributed by atoms with Crippen LogP contribution in [0.25, 0.3) is 0 Å². The molecule has 1 amide bonds. The van der Waals surface area contributed by atoms with E-state index in [4.69, 9.17) is 10.6 Å². The van der Waals surface area contributed by atoms with E-state index in [1.807, 2.05) is 60.7 Å². The van der Waals surface area contributed by atoms with Crippen molar-refractivity contribution in [3.63, 3.8) is 0 Å². The summed E-state index contributed by atoms with van der Waals surface area (Å²) < 4.78 is 0. The lowest BCUT2D eigenvalue weighted by atomic mass is 10.0. The van der Waals surface area contributed by atoms with Gasteiger partial charge in [-0.3, -0.25) is 4.89 Å². The Balaban J connectivity index is 2.26. The van der Waals surface area contributed by atoms with Crippen molar-refractivity contribution in [1.82, 2.24) is 0 Å². The van der Waals surface area contributed by atoms with Crippen molar-refractivity contribution >= 4 is 6.09 Å². The minimum absolute atomic E-state index is 0.486. The Morgan fingerprint density at radius 2 is 1.33 bits per heavy atom. The quantitative estimate of drug-likeness (QED) is 0.663. The maximum Gasteiger partial charge on any atom is 0.436 e. The van der Waals surface area contributed by atoms with Crippen LogP contribution < -0.4 is 5.73 Å². The zero-order valence-corrected chi connectivity index (χ0v) is 9.65. The molecule has 0 radical (unpaired) electrons. The number of hydrogen-bond acceptors (Lipinski definition) is 3. The van der Waals surface area contributed by atoms with Crippen LogP contribution in [-0.2, 0) is 9.78 Å². The van der Waals surface area contributed by atoms with Gasteiger partial charge in [-0.05, 0) is 11.1 Å². The lowest BCUT2D eigenvalue weighted by Crippen LogP contribution is -2.16. The summed E-state index contributed by atoms with van der Waals surface area (Å²) in [5.74, 6) is 0. The molecule has 4 nitrogen and oxygen atoms in total. The summed E-state index contributed by atoms with van der Waals surface area (Å²) in [6, 6.07) is 18.9. The Hall–Kier alpha value is -2.33. The van der Waals surface area contributed by atoms with E-state index in [0.29, 0.717) is 0 Å². The Bertz CT molecular complexity index is 459. The molecule has 0 aliphatic rings. The molecule has 18 heavy (non-hydrogen) atoms. The van der Waals surface area contributed by atoms with Gasteiger partial charge in [0.25, 0.3) is 0 Å². The van der Waals surface area contributed by atoms with Crippen LogP contribution in [-0.4, -0.2) is 6.09 Å². The first-order valence-corrected chi connectivity index (χ1v) is 5.50. The molecule has 0 aliphatic heterocycles. The molecule has 2 aromatic carbocycles. The van der Waals surface area contributed by atoms with Gasteiger partial charge in [0.15, 0.2) is 6.10 Å². The van der Waals surface area contributed by atoms with Gasteiger partial charge in [0.2, 0.25) is 0 Å². The molecule has 0 fully saturated rings. The average molecular weight is 243 g/mol. The molecule has 92 valence electrons. The molecular formula is C14H13NO3. The minimum Gasteiger partial charge on any atom is -0.333 e. The van der Waals surface area contributed by atoms with Gasteiger partial charge in [0.05, 0.1) is 0 Å². The van der Waals surface area contributed by atoms with Crippen molar-refractivity contribution in [3.8, 4) is 0 Å². The predicted octanol–water partition coefficient (Wildman–Crippen LogP) is 2.80. The highest BCUT2D eigenvalue weighted by atomic mass is 17.2. The Labute approximate surface area is 105 Å². The number of primary amides is 1. The number of hydrogen-bond donors (Lipinski definition) is 1. The zero-order chi connectivity index (χ0) is 12.8. The van der Waals surface area contributed by atoms with Gasteiger partial charge in [0.1, 0.15) is 0 Å². The molecule has 0 bridgehead atoms. The molecular weight excluding hydrogens is 230 g/mol. The SMILES string of the molecule is NC(=O)OOC(c1ccccc1)c1ccccc1. The van der Waals surface area contributed by atoms with Gasteiger partial charge in [-0.2, -0.15) is 4.89 Å². The van der Waals surface area contributed by atoms with Crippen LogP contribution >= 0.6 is 0 Å². The second kappa shape index (κ2) is 5.84. The molecule has 0 unspecified atom stereocenters. The van der Waals surface area contributed by atoms with E-state index in [-0.39, 0.29) is 0 Å². The first-order chi connectivity index (χ1) is 8.77. The van der Waals surface area contributed by atoms with E-state index in [2.05, 4.69) is 4.89 Å². The standard InChI is InChI=1S/C14H13NO3/c15-14(16)18-17-13(11-7-3-1-4-8-11)12-9-5-2-6-10-12/h1-10,13H,(H2,15,16). The van der Waals surface area contributed by atoms with E-state index >= 15 is 0 Å². The third kappa shape index (κ3) is 3.09. The molecule has 0 heterocycles. The van der Waals surface area contributed by atoms with Crippen molar-refractivity contribution in [2.24, 2.45) is 5.73 Å². The van der Waals surface area contributed by atoms with Crippen LogP contribution in [0, 0.1) is 0 Å². The molecule has 0 saturated carbocycles. The number of nitrogens with two attached hydrogens (primary N) is 1. The lowest BCUT2D eigenvalue weighted by Gasteiger charge is -2.16. The summed E-state index contributed by atoms with van der Waals surface area (Å²) in [4.78, 5) is 20.2. The van der Waals surface area contributed by atoms with E-state index in [1.165, 1.54) is 0 Å². The van der Waals surface area contributed by atoms with Crippen LogP contribution in [0.3, 0.4) is 0 Å². The highest BCUT2D eigenvalue weighted by Crippen LogP contribution is 2.25. The van der Waals surface area contributed by atoms with E-state index in [1.54, 1.807) is 0 Å². The van der Waals surface area contributed by atoms with E-state index < -0.39 is 12.2 Å². The average Bonchev–Trinajstić information content (AvgIpc) is 2.41. The summed E-state index contributed by atoms with van der Waals surface area (Å²) in [7, 11) is 0. The molecule has 0 saturated heterocycles. The Morgan fingerprint density at radius 3 is 1.72 bits per heavy atom. The first kappa shape index (κ1) is 12.1. The molecule has 2 aromatic rings. The van der Waals surface area contributed by atoms with Gasteiger partial charge in [-0.1, -0.05) is 60.7 Å². The second-order valence-electron chi connectivity index (χ2n) is 3.70. The maximum absolute atomic E-state index is 10.6. The largest absolute Gasteiger partial charge is 0.436 e. The summed E-state index contributed by atoms with van der Waals surface area (Å²) in [6.45, 7) is 0. The number of benzene rings is 2. The van der Waals surface area contributed by atoms with Crippen LogP contribution in [0.5, 0.6) is 0 Å². The van der Waals surface area contributed by atoms with Gasteiger partial charge in [0, 0.05) is 0 Å². The normalized spacial score (nSPS) is 10.3. The number of carbonyl (C=O) groups excluding carboxylic acids is 1. The van der Waals surface area contributed by atoms with Crippen LogP contribution in [0.1, 0.15) is 17.2 Å². The minimum atomic E-state index is -0.966. The van der Waals surface area contributed by atoms with Crippen LogP contribution in [0.2, 0.25) is 0 Å². The molecule has 0 aromatic heterocycles. The molecule has 0 aliphatic carbocycles. The van der Waals surface area contributed by atoms with E-state index in [0.717, 1.165) is 11.1 Å².